The van der Waals surface area contributed by atoms with Gasteiger partial charge in [0.05, 0.1) is 10.7 Å². The molecule has 0 saturated heterocycles. The van der Waals surface area contributed by atoms with Crippen molar-refractivity contribution >= 4 is 22.9 Å². The molecule has 0 aliphatic heterocycles. The summed E-state index contributed by atoms with van der Waals surface area (Å²) in [5.41, 5.74) is 0.290. The fourth-order valence-electron chi connectivity index (χ4n) is 1.85. The Balaban J connectivity index is 2.05. The van der Waals surface area contributed by atoms with Gasteiger partial charge in [-0.25, -0.2) is 4.39 Å². The van der Waals surface area contributed by atoms with Crippen LogP contribution in [0.15, 0.2) is 16.9 Å². The summed E-state index contributed by atoms with van der Waals surface area (Å²) in [6.07, 6.45) is 7.17. The van der Waals surface area contributed by atoms with Crippen molar-refractivity contribution in [2.24, 2.45) is 0 Å². The molecule has 0 bridgehead atoms. The summed E-state index contributed by atoms with van der Waals surface area (Å²) in [4.78, 5) is 11.8. The number of rotatable bonds is 4. The van der Waals surface area contributed by atoms with Gasteiger partial charge in [-0.1, -0.05) is 28.9 Å². The average Bonchev–Trinajstić information content (AvgIpc) is 3.22. The first kappa shape index (κ1) is 14.1. The van der Waals surface area contributed by atoms with Gasteiger partial charge in [0, 0.05) is 12.0 Å². The number of terminal acetylenes is 1. The smallest absolute Gasteiger partial charge is 0.329 e. The highest BCUT2D eigenvalue weighted by molar-refractivity contribution is 7.09. The first-order valence-electron chi connectivity index (χ1n) is 6.26. The van der Waals surface area contributed by atoms with Gasteiger partial charge in [-0.05, 0) is 18.9 Å². The number of aromatic nitrogens is 2. The van der Waals surface area contributed by atoms with Crippen LogP contribution in [0.2, 0.25) is 5.02 Å². The third-order valence-corrected chi connectivity index (χ3v) is 4.30. The molecule has 1 aromatic heterocycles. The van der Waals surface area contributed by atoms with Gasteiger partial charge in [-0.15, -0.1) is 6.42 Å². The Hall–Kier alpha value is -1.84. The molecule has 2 aromatic rings. The highest BCUT2D eigenvalue weighted by Gasteiger charge is 2.28. The van der Waals surface area contributed by atoms with E-state index in [2.05, 4.69) is 11.0 Å². The lowest BCUT2D eigenvalue weighted by Crippen LogP contribution is -2.13. The Kier molecular flexibility index (Phi) is 3.70. The molecule has 0 spiro atoms. The minimum atomic E-state index is -0.635. The van der Waals surface area contributed by atoms with Gasteiger partial charge in [-0.2, -0.15) is 9.78 Å². The average molecular weight is 325 g/mol. The van der Waals surface area contributed by atoms with Crippen molar-refractivity contribution in [1.29, 1.82) is 0 Å². The minimum absolute atomic E-state index is 0.0554. The molecule has 0 unspecified atom stereocenters. The summed E-state index contributed by atoms with van der Waals surface area (Å²) in [5, 5.41) is 5.15. The number of halogens is 2. The van der Waals surface area contributed by atoms with Crippen LogP contribution in [0.25, 0.3) is 5.69 Å². The molecule has 0 atom stereocenters. The van der Waals surface area contributed by atoms with Crippen LogP contribution >= 0.6 is 22.9 Å². The molecule has 0 N–H and O–H groups in total. The van der Waals surface area contributed by atoms with Gasteiger partial charge in [0.2, 0.25) is 0 Å². The van der Waals surface area contributed by atoms with E-state index in [-0.39, 0.29) is 22.3 Å². The van der Waals surface area contributed by atoms with Crippen molar-refractivity contribution < 1.29 is 9.13 Å². The molecule has 108 valence electrons. The van der Waals surface area contributed by atoms with Gasteiger partial charge in [0.15, 0.2) is 11.6 Å². The highest BCUT2D eigenvalue weighted by atomic mass is 35.5. The van der Waals surface area contributed by atoms with E-state index in [1.165, 1.54) is 10.7 Å². The molecule has 0 radical (unpaired) electrons. The second-order valence-corrected chi connectivity index (χ2v) is 6.00. The predicted molar refractivity (Wildman–Crippen MR) is 79.0 cm³/mol. The standard InChI is InChI=1S/C14H10ClFN2O2S/c1-2-5-20-12-7-11(9(15)6-10(12)16)18-14(19)21-13(17-18)8-3-4-8/h1,6-8H,3-5H2. The van der Waals surface area contributed by atoms with Gasteiger partial charge in [0.1, 0.15) is 11.6 Å². The van der Waals surface area contributed by atoms with E-state index >= 15 is 0 Å². The first-order chi connectivity index (χ1) is 10.1. The lowest BCUT2D eigenvalue weighted by Gasteiger charge is -2.08. The van der Waals surface area contributed by atoms with Gasteiger partial charge in [0.25, 0.3) is 0 Å². The van der Waals surface area contributed by atoms with Gasteiger partial charge < -0.3 is 4.74 Å². The van der Waals surface area contributed by atoms with E-state index in [0.717, 1.165) is 35.3 Å². The predicted octanol–water partition coefficient (Wildman–Crippen LogP) is 2.98. The maximum absolute atomic E-state index is 13.7. The number of nitrogens with zero attached hydrogens (tertiary/aromatic N) is 2. The molecule has 1 fully saturated rings. The number of benzene rings is 1. The van der Waals surface area contributed by atoms with Gasteiger partial charge in [-0.3, -0.25) is 4.79 Å². The number of ether oxygens (including phenoxy) is 1. The van der Waals surface area contributed by atoms with Crippen LogP contribution in [-0.2, 0) is 0 Å². The monoisotopic (exact) mass is 324 g/mol. The zero-order valence-corrected chi connectivity index (χ0v) is 12.4. The molecular formula is C14H10ClFN2O2S. The summed E-state index contributed by atoms with van der Waals surface area (Å²) in [7, 11) is 0. The molecule has 1 heterocycles. The van der Waals surface area contributed by atoms with Crippen molar-refractivity contribution in [3.8, 4) is 23.8 Å². The van der Waals surface area contributed by atoms with Crippen molar-refractivity contribution in [2.45, 2.75) is 18.8 Å². The van der Waals surface area contributed by atoms with Crippen LogP contribution in [0.5, 0.6) is 5.75 Å². The molecule has 4 nitrogen and oxygen atoms in total. The van der Waals surface area contributed by atoms with E-state index in [4.69, 9.17) is 22.8 Å². The quantitative estimate of drug-likeness (QED) is 0.812. The molecule has 0 amide bonds. The molecular weight excluding hydrogens is 315 g/mol. The maximum Gasteiger partial charge on any atom is 0.329 e. The van der Waals surface area contributed by atoms with Crippen molar-refractivity contribution in [3.63, 3.8) is 0 Å². The lowest BCUT2D eigenvalue weighted by atomic mass is 10.3. The van der Waals surface area contributed by atoms with E-state index in [1.807, 2.05) is 0 Å². The lowest BCUT2D eigenvalue weighted by molar-refractivity contribution is 0.348. The third-order valence-electron chi connectivity index (χ3n) is 3.03. The zero-order valence-electron chi connectivity index (χ0n) is 10.8. The maximum atomic E-state index is 13.7. The molecule has 1 aromatic carbocycles. The third kappa shape index (κ3) is 2.80. The molecule has 1 aliphatic carbocycles. The number of hydrogen-bond acceptors (Lipinski definition) is 4. The van der Waals surface area contributed by atoms with Gasteiger partial charge >= 0.3 is 4.87 Å². The van der Waals surface area contributed by atoms with E-state index in [9.17, 15) is 9.18 Å². The van der Waals surface area contributed by atoms with Crippen LogP contribution in [0, 0.1) is 18.2 Å². The Labute approximate surface area is 129 Å². The summed E-state index contributed by atoms with van der Waals surface area (Å²) in [5.74, 6) is 1.92. The van der Waals surface area contributed by atoms with Crippen molar-refractivity contribution in [3.05, 3.63) is 37.6 Å². The molecule has 21 heavy (non-hydrogen) atoms. The Bertz CT molecular complexity index is 789. The van der Waals surface area contributed by atoms with E-state index in [1.54, 1.807) is 0 Å². The summed E-state index contributed by atoms with van der Waals surface area (Å²) >= 11 is 7.10. The molecule has 7 heteroatoms. The second kappa shape index (κ2) is 5.51. The van der Waals surface area contributed by atoms with E-state index < -0.39 is 5.82 Å². The van der Waals surface area contributed by atoms with Crippen LogP contribution in [0.4, 0.5) is 4.39 Å². The second-order valence-electron chi connectivity index (χ2n) is 4.62. The molecule has 1 saturated carbocycles. The zero-order chi connectivity index (χ0) is 15.0. The number of hydrogen-bond donors (Lipinski definition) is 0. The highest BCUT2D eigenvalue weighted by Crippen LogP contribution is 2.40. The van der Waals surface area contributed by atoms with Crippen LogP contribution < -0.4 is 9.61 Å². The summed E-state index contributed by atoms with van der Waals surface area (Å²) in [6.45, 7) is -0.0721. The van der Waals surface area contributed by atoms with Crippen molar-refractivity contribution in [2.75, 3.05) is 6.61 Å². The van der Waals surface area contributed by atoms with Crippen molar-refractivity contribution in [1.82, 2.24) is 9.78 Å². The first-order valence-corrected chi connectivity index (χ1v) is 7.45. The Morgan fingerprint density at radius 2 is 2.33 bits per heavy atom. The van der Waals surface area contributed by atoms with E-state index in [0.29, 0.717) is 11.6 Å². The normalized spacial score (nSPS) is 14.0. The topological polar surface area (TPSA) is 44.1 Å². The molecule has 3 rings (SSSR count). The van der Waals surface area contributed by atoms with Crippen LogP contribution in [-0.4, -0.2) is 16.4 Å². The minimum Gasteiger partial charge on any atom is -0.478 e. The largest absolute Gasteiger partial charge is 0.478 e. The van der Waals surface area contributed by atoms with Crippen LogP contribution in [0.3, 0.4) is 0 Å². The summed E-state index contributed by atoms with van der Waals surface area (Å²) in [6, 6.07) is 2.43. The fraction of sp³-hybridized carbons (Fsp3) is 0.286. The Morgan fingerprint density at radius 3 is 3.00 bits per heavy atom. The Morgan fingerprint density at radius 1 is 1.57 bits per heavy atom. The fourth-order valence-corrected chi connectivity index (χ4v) is 3.01. The summed E-state index contributed by atoms with van der Waals surface area (Å²) < 4.78 is 20.0. The SMILES string of the molecule is C#CCOc1cc(-n2nc(C3CC3)sc2=O)c(Cl)cc1F. The van der Waals surface area contributed by atoms with Crippen LogP contribution in [0.1, 0.15) is 23.8 Å². The molecule has 1 aliphatic rings.